The number of aryl methyl sites for hydroxylation is 2. The van der Waals surface area contributed by atoms with E-state index in [-0.39, 0.29) is 16.2 Å². The summed E-state index contributed by atoms with van der Waals surface area (Å²) in [5, 5.41) is 0. The van der Waals surface area contributed by atoms with E-state index in [1.54, 1.807) is 11.1 Å². The molecule has 1 nitrogen and oxygen atoms in total. The van der Waals surface area contributed by atoms with E-state index < -0.39 is 5.41 Å². The van der Waals surface area contributed by atoms with Crippen LogP contribution in [0.1, 0.15) is 129 Å². The van der Waals surface area contributed by atoms with Crippen LogP contribution in [0.2, 0.25) is 0 Å². The Balaban J connectivity index is 1.02. The fraction of sp³-hybridized carbons (Fsp3) is 0.280. The van der Waals surface area contributed by atoms with E-state index >= 15 is 0 Å². The molecule has 0 unspecified atom stereocenters. The van der Waals surface area contributed by atoms with Gasteiger partial charge >= 0.3 is 0 Å². The molecule has 0 aromatic heterocycles. The highest BCUT2D eigenvalue weighted by Gasteiger charge is 2.62. The largest absolute Gasteiger partial charge is 0.309 e. The Morgan fingerprint density at radius 2 is 0.895 bits per heavy atom. The molecular weight excluding hydrogens is 915 g/mol. The minimum atomic E-state index is -0.541. The second-order valence-corrected chi connectivity index (χ2v) is 26.0. The molecule has 4 saturated carbocycles. The molecular formula is C75H69N. The molecule has 374 valence electrons. The number of hydrogen-bond acceptors (Lipinski definition) is 1. The lowest BCUT2D eigenvalue weighted by Gasteiger charge is -2.61. The molecule has 0 N–H and O–H groups in total. The highest BCUT2D eigenvalue weighted by molar-refractivity contribution is 6.00. The molecule has 0 aliphatic heterocycles. The van der Waals surface area contributed by atoms with Gasteiger partial charge in [0.15, 0.2) is 0 Å². The Bertz CT molecular complexity index is 3720. The summed E-state index contributed by atoms with van der Waals surface area (Å²) < 4.78 is 0. The van der Waals surface area contributed by atoms with Crippen LogP contribution in [-0.4, -0.2) is 0 Å². The quantitative estimate of drug-likeness (QED) is 0.166. The van der Waals surface area contributed by atoms with Gasteiger partial charge in [0.25, 0.3) is 0 Å². The number of hydrogen-bond donors (Lipinski definition) is 0. The zero-order valence-corrected chi connectivity index (χ0v) is 45.3. The number of rotatable bonds is 5. The van der Waals surface area contributed by atoms with Gasteiger partial charge in [0.05, 0.1) is 16.8 Å². The minimum absolute atomic E-state index is 0.0255. The molecule has 7 aliphatic rings. The first-order valence-electron chi connectivity index (χ1n) is 28.7. The highest BCUT2D eigenvalue weighted by Crippen LogP contribution is 2.71. The van der Waals surface area contributed by atoms with Crippen molar-refractivity contribution in [2.24, 2.45) is 23.7 Å². The summed E-state index contributed by atoms with van der Waals surface area (Å²) in [4.78, 5) is 2.70. The van der Waals surface area contributed by atoms with Gasteiger partial charge in [-0.05, 0) is 199 Å². The lowest BCUT2D eigenvalue weighted by Crippen LogP contribution is -2.55. The Kier molecular flexibility index (Phi) is 10.1. The lowest BCUT2D eigenvalue weighted by molar-refractivity contribution is -0.0399. The third-order valence-electron chi connectivity index (χ3n) is 19.9. The van der Waals surface area contributed by atoms with Gasteiger partial charge in [0.1, 0.15) is 0 Å². The van der Waals surface area contributed by atoms with E-state index in [1.807, 2.05) is 0 Å². The van der Waals surface area contributed by atoms with E-state index in [0.717, 1.165) is 24.7 Å². The lowest BCUT2D eigenvalue weighted by atomic mass is 9.43. The van der Waals surface area contributed by atoms with Crippen molar-refractivity contribution in [3.63, 3.8) is 0 Å². The van der Waals surface area contributed by atoms with Gasteiger partial charge < -0.3 is 4.90 Å². The maximum Gasteiger partial charge on any atom is 0.0719 e. The second-order valence-electron chi connectivity index (χ2n) is 26.0. The van der Waals surface area contributed by atoms with Gasteiger partial charge in [-0.15, -0.1) is 0 Å². The maximum absolute atomic E-state index is 2.70. The number of anilines is 3. The molecule has 1 heteroatoms. The molecule has 0 amide bonds. The van der Waals surface area contributed by atoms with Gasteiger partial charge in [0.2, 0.25) is 0 Å². The van der Waals surface area contributed by atoms with Crippen molar-refractivity contribution in [3.05, 3.63) is 256 Å². The minimum Gasteiger partial charge on any atom is -0.309 e. The van der Waals surface area contributed by atoms with Crippen LogP contribution < -0.4 is 4.90 Å². The Morgan fingerprint density at radius 3 is 1.57 bits per heavy atom. The van der Waals surface area contributed by atoms with E-state index in [1.165, 1.54) is 138 Å². The predicted molar refractivity (Wildman–Crippen MR) is 317 cm³/mol. The number of nitrogens with zero attached hydrogens (tertiary/aromatic N) is 1. The van der Waals surface area contributed by atoms with Crippen molar-refractivity contribution in [3.8, 4) is 44.5 Å². The molecule has 0 atom stereocenters. The van der Waals surface area contributed by atoms with E-state index in [4.69, 9.17) is 0 Å². The molecule has 4 bridgehead atoms. The van der Waals surface area contributed by atoms with Crippen LogP contribution in [-0.2, 0) is 34.5 Å². The van der Waals surface area contributed by atoms with Gasteiger partial charge in [-0.25, -0.2) is 0 Å². The smallest absolute Gasteiger partial charge is 0.0719 e. The van der Waals surface area contributed by atoms with Crippen LogP contribution >= 0.6 is 0 Å². The molecule has 9 aromatic rings. The van der Waals surface area contributed by atoms with E-state index in [9.17, 15) is 0 Å². The van der Waals surface area contributed by atoms with Crippen LogP contribution in [0, 0.1) is 23.7 Å². The van der Waals surface area contributed by atoms with E-state index in [0.29, 0.717) is 11.8 Å². The summed E-state index contributed by atoms with van der Waals surface area (Å²) in [5.74, 6) is 3.11. The third-order valence-corrected chi connectivity index (χ3v) is 19.9. The Morgan fingerprint density at radius 1 is 0.368 bits per heavy atom. The molecule has 0 radical (unpaired) electrons. The monoisotopic (exact) mass is 984 g/mol. The first kappa shape index (κ1) is 46.1. The van der Waals surface area contributed by atoms with Gasteiger partial charge in [-0.3, -0.25) is 0 Å². The topological polar surface area (TPSA) is 3.24 Å². The SMILES string of the molecule is CC(C)(C)c1ccc2c(c1)CCc1cc(C(C)(C)C)ccc1C21c2ccccc2-c2ccc(N(c3ccccc3-c3cccc(-c4ccccc4)c3)c3cccc4c3-c3ccccc3C43C4CC5CC(C4)CC3C5)cc21. The van der Waals surface area contributed by atoms with Crippen molar-refractivity contribution in [1.29, 1.82) is 0 Å². The van der Waals surface area contributed by atoms with Crippen molar-refractivity contribution < 1.29 is 0 Å². The number of benzene rings is 9. The van der Waals surface area contributed by atoms with Crippen LogP contribution in [0.15, 0.2) is 200 Å². The summed E-state index contributed by atoms with van der Waals surface area (Å²) in [7, 11) is 0. The summed E-state index contributed by atoms with van der Waals surface area (Å²) in [6.45, 7) is 14.2. The van der Waals surface area contributed by atoms with Crippen molar-refractivity contribution in [2.75, 3.05) is 4.90 Å². The third kappa shape index (κ3) is 6.57. The first-order chi connectivity index (χ1) is 36.9. The summed E-state index contributed by atoms with van der Waals surface area (Å²) in [6, 6.07) is 78.7. The molecule has 16 rings (SSSR count). The van der Waals surface area contributed by atoms with Crippen molar-refractivity contribution in [2.45, 2.75) is 108 Å². The van der Waals surface area contributed by atoms with Crippen LogP contribution in [0.5, 0.6) is 0 Å². The van der Waals surface area contributed by atoms with Crippen LogP contribution in [0.25, 0.3) is 44.5 Å². The summed E-state index contributed by atoms with van der Waals surface area (Å²) in [5.41, 5.74) is 28.2. The standard InChI is InChI=1S/C75H69N/c1-72(2,3)54-32-36-63-52(44-54)30-31-53-45-55(73(4,5)6)33-37-64(53)75(63)65-25-13-10-23-60(65)61-35-34-58(46-68(61)75)76(69-28-15-12-22-59(69)51-21-16-20-50(43-51)49-18-8-7-9-19-49)70-29-17-27-67-71(70)62-24-11-14-26-66(62)74(67)56-39-47-38-48(41-56)42-57(74)40-47/h7-29,32-37,43-48,56-57H,30-31,38-42H2,1-6H3. The van der Waals surface area contributed by atoms with Crippen LogP contribution in [0.4, 0.5) is 17.1 Å². The normalized spacial score (nSPS) is 21.9. The van der Waals surface area contributed by atoms with Crippen molar-refractivity contribution in [1.82, 2.24) is 0 Å². The van der Waals surface area contributed by atoms with Gasteiger partial charge in [0, 0.05) is 22.2 Å². The van der Waals surface area contributed by atoms with E-state index in [2.05, 4.69) is 247 Å². The number of para-hydroxylation sites is 1. The molecule has 76 heavy (non-hydrogen) atoms. The average Bonchev–Trinajstić information content (AvgIpc) is 3.99. The molecule has 2 spiro atoms. The molecule has 0 saturated heterocycles. The Labute approximate surface area is 451 Å². The fourth-order valence-electron chi connectivity index (χ4n) is 16.9. The Hall–Kier alpha value is -7.22. The average molecular weight is 984 g/mol. The summed E-state index contributed by atoms with van der Waals surface area (Å²) >= 11 is 0. The maximum atomic E-state index is 2.70. The molecule has 4 fully saturated rings. The fourth-order valence-corrected chi connectivity index (χ4v) is 16.9. The number of fused-ring (bicyclic) bond motifs is 12. The summed E-state index contributed by atoms with van der Waals surface area (Å²) in [6.07, 6.45) is 8.89. The van der Waals surface area contributed by atoms with Gasteiger partial charge in [-0.1, -0.05) is 211 Å². The molecule has 0 heterocycles. The van der Waals surface area contributed by atoms with Crippen molar-refractivity contribution >= 4 is 17.1 Å². The molecule has 9 aromatic carbocycles. The zero-order chi connectivity index (χ0) is 51.3. The zero-order valence-electron chi connectivity index (χ0n) is 45.3. The highest BCUT2D eigenvalue weighted by atomic mass is 15.1. The second kappa shape index (κ2) is 16.6. The molecule has 7 aliphatic carbocycles. The van der Waals surface area contributed by atoms with Gasteiger partial charge in [-0.2, -0.15) is 0 Å². The first-order valence-corrected chi connectivity index (χ1v) is 28.7. The van der Waals surface area contributed by atoms with Crippen LogP contribution in [0.3, 0.4) is 0 Å². The predicted octanol–water partition coefficient (Wildman–Crippen LogP) is 19.3.